The van der Waals surface area contributed by atoms with Crippen molar-refractivity contribution in [3.63, 3.8) is 0 Å². The highest BCUT2D eigenvalue weighted by Gasteiger charge is 2.21. The third kappa shape index (κ3) is 4.27. The van der Waals surface area contributed by atoms with Crippen LogP contribution in [0, 0.1) is 13.8 Å². The first-order valence-electron chi connectivity index (χ1n) is 9.94. The van der Waals surface area contributed by atoms with Crippen LogP contribution in [-0.2, 0) is 11.3 Å². The van der Waals surface area contributed by atoms with Crippen molar-refractivity contribution in [1.29, 1.82) is 0 Å². The zero-order valence-corrected chi connectivity index (χ0v) is 18.2. The van der Waals surface area contributed by atoms with E-state index in [4.69, 9.17) is 9.47 Å². The summed E-state index contributed by atoms with van der Waals surface area (Å²) in [5.41, 5.74) is 3.64. The van der Waals surface area contributed by atoms with Crippen LogP contribution in [0.4, 0.5) is 0 Å². The standard InChI is InChI=1S/C21H25N5O3S/c1-14-11-19(15(2)26(14)16-6-8-17(28-3)9-7-16)20(27)13-30-21-22-23-24-25(21)12-18-5-4-10-29-18/h6-9,11,18H,4-5,10,12-13H2,1-3H3. The number of thioether (sulfide) groups is 1. The molecular weight excluding hydrogens is 402 g/mol. The number of benzene rings is 1. The molecule has 1 aliphatic rings. The van der Waals surface area contributed by atoms with E-state index in [0.29, 0.717) is 17.3 Å². The Kier molecular flexibility index (Phi) is 6.19. The lowest BCUT2D eigenvalue weighted by Crippen LogP contribution is -2.17. The second-order valence-electron chi connectivity index (χ2n) is 7.31. The van der Waals surface area contributed by atoms with E-state index in [1.165, 1.54) is 11.8 Å². The second kappa shape index (κ2) is 9.01. The molecule has 1 atom stereocenters. The summed E-state index contributed by atoms with van der Waals surface area (Å²) in [6.07, 6.45) is 2.23. The van der Waals surface area contributed by atoms with Gasteiger partial charge in [-0.05, 0) is 67.4 Å². The number of carbonyl (C=O) groups excluding carboxylic acids is 1. The number of rotatable bonds is 8. The number of nitrogens with zero attached hydrogens (tertiary/aromatic N) is 5. The van der Waals surface area contributed by atoms with E-state index < -0.39 is 0 Å². The molecule has 0 N–H and O–H groups in total. The maximum Gasteiger partial charge on any atom is 0.209 e. The van der Waals surface area contributed by atoms with Crippen molar-refractivity contribution in [3.05, 3.63) is 47.3 Å². The summed E-state index contributed by atoms with van der Waals surface area (Å²) >= 11 is 1.36. The zero-order chi connectivity index (χ0) is 21.1. The Balaban J connectivity index is 1.46. The average molecular weight is 428 g/mol. The van der Waals surface area contributed by atoms with Gasteiger partial charge in [-0.3, -0.25) is 4.79 Å². The van der Waals surface area contributed by atoms with Crippen molar-refractivity contribution in [2.24, 2.45) is 0 Å². The molecule has 1 aromatic carbocycles. The Morgan fingerprint density at radius 3 is 2.80 bits per heavy atom. The molecule has 0 spiro atoms. The van der Waals surface area contributed by atoms with Crippen molar-refractivity contribution in [2.75, 3.05) is 19.5 Å². The van der Waals surface area contributed by atoms with Crippen LogP contribution in [0.3, 0.4) is 0 Å². The first-order chi connectivity index (χ1) is 14.6. The summed E-state index contributed by atoms with van der Waals surface area (Å²) in [6.45, 7) is 5.38. The largest absolute Gasteiger partial charge is 0.497 e. The lowest BCUT2D eigenvalue weighted by Gasteiger charge is -2.11. The van der Waals surface area contributed by atoms with E-state index in [0.717, 1.165) is 42.3 Å². The molecule has 8 nitrogen and oxygen atoms in total. The summed E-state index contributed by atoms with van der Waals surface area (Å²) in [4.78, 5) is 13.0. The number of hydrogen-bond donors (Lipinski definition) is 0. The number of aromatic nitrogens is 5. The Morgan fingerprint density at radius 2 is 2.10 bits per heavy atom. The van der Waals surface area contributed by atoms with Gasteiger partial charge in [-0.15, -0.1) is 5.10 Å². The van der Waals surface area contributed by atoms with Crippen molar-refractivity contribution < 1.29 is 14.3 Å². The van der Waals surface area contributed by atoms with Crippen LogP contribution in [-0.4, -0.2) is 56.1 Å². The number of tetrazole rings is 1. The number of aryl methyl sites for hydroxylation is 1. The van der Waals surface area contributed by atoms with E-state index in [1.54, 1.807) is 11.8 Å². The predicted molar refractivity (Wildman–Crippen MR) is 114 cm³/mol. The number of Topliss-reactive ketones (excluding diaryl/α,β-unsaturated/α-hetero) is 1. The summed E-state index contributed by atoms with van der Waals surface area (Å²) < 4.78 is 14.7. The van der Waals surface area contributed by atoms with Gasteiger partial charge in [0.15, 0.2) is 5.78 Å². The second-order valence-corrected chi connectivity index (χ2v) is 8.25. The summed E-state index contributed by atoms with van der Waals surface area (Å²) in [5, 5.41) is 12.5. The highest BCUT2D eigenvalue weighted by molar-refractivity contribution is 7.99. The molecule has 0 amide bonds. The molecular formula is C21H25N5O3S. The molecule has 158 valence electrons. The molecule has 0 aliphatic carbocycles. The smallest absolute Gasteiger partial charge is 0.209 e. The minimum atomic E-state index is 0.0551. The van der Waals surface area contributed by atoms with Gasteiger partial charge in [-0.25, -0.2) is 4.68 Å². The van der Waals surface area contributed by atoms with Crippen molar-refractivity contribution >= 4 is 17.5 Å². The number of carbonyl (C=O) groups is 1. The normalized spacial score (nSPS) is 16.2. The topological polar surface area (TPSA) is 84.1 Å². The summed E-state index contributed by atoms with van der Waals surface area (Å²) in [7, 11) is 1.65. The van der Waals surface area contributed by atoms with Crippen molar-refractivity contribution in [3.8, 4) is 11.4 Å². The average Bonchev–Trinajstić information content (AvgIpc) is 3.48. The van der Waals surface area contributed by atoms with Crippen LogP contribution in [0.1, 0.15) is 34.6 Å². The molecule has 0 saturated carbocycles. The number of methoxy groups -OCH3 is 1. The van der Waals surface area contributed by atoms with Gasteiger partial charge in [0.25, 0.3) is 0 Å². The van der Waals surface area contributed by atoms with Gasteiger partial charge >= 0.3 is 0 Å². The SMILES string of the molecule is COc1ccc(-n2c(C)cc(C(=O)CSc3nnnn3CC3CCCO3)c2C)cc1. The van der Waals surface area contributed by atoms with Gasteiger partial charge in [0.2, 0.25) is 5.16 Å². The Hall–Kier alpha value is -2.65. The maximum atomic E-state index is 13.0. The molecule has 3 heterocycles. The fraction of sp³-hybridized carbons (Fsp3) is 0.429. The molecule has 0 bridgehead atoms. The third-order valence-corrected chi connectivity index (χ3v) is 6.25. The van der Waals surface area contributed by atoms with E-state index in [2.05, 4.69) is 20.1 Å². The fourth-order valence-corrected chi connectivity index (χ4v) is 4.55. The molecule has 3 aromatic rings. The third-order valence-electron chi connectivity index (χ3n) is 5.29. The van der Waals surface area contributed by atoms with Crippen LogP contribution < -0.4 is 4.74 Å². The first-order valence-corrected chi connectivity index (χ1v) is 10.9. The minimum Gasteiger partial charge on any atom is -0.497 e. The Bertz CT molecular complexity index is 1020. The summed E-state index contributed by atoms with van der Waals surface area (Å²) in [5.74, 6) is 1.13. The van der Waals surface area contributed by atoms with Crippen molar-refractivity contribution in [2.45, 2.75) is 44.5 Å². The molecule has 1 fully saturated rings. The van der Waals surface area contributed by atoms with Crippen LogP contribution >= 0.6 is 11.8 Å². The van der Waals surface area contributed by atoms with Crippen LogP contribution in [0.25, 0.3) is 5.69 Å². The number of ether oxygens (including phenoxy) is 2. The van der Waals surface area contributed by atoms with Crippen LogP contribution in [0.5, 0.6) is 5.75 Å². The lowest BCUT2D eigenvalue weighted by molar-refractivity contribution is 0.0912. The molecule has 2 aromatic heterocycles. The number of ketones is 1. The maximum absolute atomic E-state index is 13.0. The molecule has 0 radical (unpaired) electrons. The van der Waals surface area contributed by atoms with Gasteiger partial charge in [-0.2, -0.15) is 0 Å². The van der Waals surface area contributed by atoms with Gasteiger partial charge in [-0.1, -0.05) is 11.8 Å². The molecule has 1 saturated heterocycles. The van der Waals surface area contributed by atoms with E-state index >= 15 is 0 Å². The number of hydrogen-bond acceptors (Lipinski definition) is 7. The molecule has 1 unspecified atom stereocenters. The lowest BCUT2D eigenvalue weighted by atomic mass is 10.2. The van der Waals surface area contributed by atoms with Gasteiger partial charge in [0.05, 0.1) is 25.5 Å². The Morgan fingerprint density at radius 1 is 1.30 bits per heavy atom. The first kappa shape index (κ1) is 20.6. The molecule has 30 heavy (non-hydrogen) atoms. The van der Waals surface area contributed by atoms with Gasteiger partial charge < -0.3 is 14.0 Å². The van der Waals surface area contributed by atoms with E-state index in [1.807, 2.05) is 44.2 Å². The van der Waals surface area contributed by atoms with Crippen molar-refractivity contribution in [1.82, 2.24) is 24.8 Å². The monoisotopic (exact) mass is 427 g/mol. The van der Waals surface area contributed by atoms with E-state index in [-0.39, 0.29) is 17.6 Å². The van der Waals surface area contributed by atoms with Gasteiger partial charge in [0.1, 0.15) is 5.75 Å². The highest BCUT2D eigenvalue weighted by Crippen LogP contribution is 2.25. The Labute approximate surface area is 179 Å². The predicted octanol–water partition coefficient (Wildman–Crippen LogP) is 3.24. The zero-order valence-electron chi connectivity index (χ0n) is 17.4. The van der Waals surface area contributed by atoms with Crippen LogP contribution in [0.15, 0.2) is 35.5 Å². The summed E-state index contributed by atoms with van der Waals surface area (Å²) in [6, 6.07) is 9.75. The van der Waals surface area contributed by atoms with Crippen LogP contribution in [0.2, 0.25) is 0 Å². The van der Waals surface area contributed by atoms with E-state index in [9.17, 15) is 4.79 Å². The molecule has 4 rings (SSSR count). The minimum absolute atomic E-state index is 0.0551. The molecule has 1 aliphatic heterocycles. The van der Waals surface area contributed by atoms with Gasteiger partial charge in [0, 0.05) is 29.2 Å². The quantitative estimate of drug-likeness (QED) is 0.403. The fourth-order valence-electron chi connectivity index (χ4n) is 3.78. The molecule has 9 heteroatoms. The highest BCUT2D eigenvalue weighted by atomic mass is 32.2.